The Morgan fingerprint density at radius 3 is 2.29 bits per heavy atom. The van der Waals surface area contributed by atoms with Gasteiger partial charge < -0.3 is 30.0 Å². The number of methoxy groups -OCH3 is 2. The van der Waals surface area contributed by atoms with E-state index in [2.05, 4.69) is 29.4 Å². The molecule has 0 radical (unpaired) electrons. The Morgan fingerprint density at radius 2 is 1.71 bits per heavy atom. The molecule has 2 aromatic carbocycles. The molecule has 34 heavy (non-hydrogen) atoms. The van der Waals surface area contributed by atoms with Crippen molar-refractivity contribution in [1.29, 1.82) is 0 Å². The maximum Gasteiger partial charge on any atom is 0.255 e. The van der Waals surface area contributed by atoms with Gasteiger partial charge in [0.25, 0.3) is 11.8 Å². The molecule has 3 rings (SSSR count). The maximum atomic E-state index is 12.9. The molecular weight excluding hydrogens is 438 g/mol. The third-order valence-electron chi connectivity index (χ3n) is 6.28. The lowest BCUT2D eigenvalue weighted by molar-refractivity contribution is -0.0169. The van der Waals surface area contributed by atoms with Crippen molar-refractivity contribution in [2.75, 3.05) is 52.4 Å². The summed E-state index contributed by atoms with van der Waals surface area (Å²) in [5, 5.41) is 16.0. The molecule has 184 valence electrons. The van der Waals surface area contributed by atoms with E-state index in [0.29, 0.717) is 42.5 Å². The van der Waals surface area contributed by atoms with Crippen LogP contribution in [0.5, 0.6) is 17.2 Å². The number of hydrogen-bond donors (Lipinski definition) is 3. The highest BCUT2D eigenvalue weighted by molar-refractivity contribution is 6.06. The fourth-order valence-electron chi connectivity index (χ4n) is 3.87. The van der Waals surface area contributed by atoms with Crippen LogP contribution in [0.4, 0.5) is 5.69 Å². The summed E-state index contributed by atoms with van der Waals surface area (Å²) < 4.78 is 15.9. The number of benzene rings is 2. The highest BCUT2D eigenvalue weighted by Gasteiger charge is 2.32. The molecule has 0 unspecified atom stereocenters. The van der Waals surface area contributed by atoms with Crippen molar-refractivity contribution in [2.45, 2.75) is 25.8 Å². The number of aromatic hydroxyl groups is 1. The Morgan fingerprint density at radius 1 is 1.06 bits per heavy atom. The predicted octanol–water partition coefficient (Wildman–Crippen LogP) is 2.89. The Bertz CT molecular complexity index is 999. The van der Waals surface area contributed by atoms with E-state index in [9.17, 15) is 14.7 Å². The summed E-state index contributed by atoms with van der Waals surface area (Å²) in [6.07, 6.45) is 0.847. The summed E-state index contributed by atoms with van der Waals surface area (Å²) in [7, 11) is 3.01. The number of rotatable bonds is 9. The van der Waals surface area contributed by atoms with Crippen molar-refractivity contribution >= 4 is 17.5 Å². The van der Waals surface area contributed by atoms with E-state index in [1.54, 1.807) is 18.2 Å². The number of phenolic OH excluding ortho intramolecular Hbond substituents is 1. The second-order valence-corrected chi connectivity index (χ2v) is 8.42. The fraction of sp³-hybridized carbons (Fsp3) is 0.440. The molecule has 1 atom stereocenters. The Balaban J connectivity index is 1.71. The number of hydrogen-bond acceptors (Lipinski definition) is 7. The van der Waals surface area contributed by atoms with E-state index in [4.69, 9.17) is 14.2 Å². The number of phenols is 1. The number of carbonyl (C=O) groups excluding carboxylic acids is 2. The van der Waals surface area contributed by atoms with Gasteiger partial charge in [0.2, 0.25) is 0 Å². The van der Waals surface area contributed by atoms with Gasteiger partial charge in [-0.15, -0.1) is 0 Å². The second-order valence-electron chi connectivity index (χ2n) is 8.42. The Kier molecular flexibility index (Phi) is 8.36. The van der Waals surface area contributed by atoms with Gasteiger partial charge in [-0.1, -0.05) is 6.92 Å². The summed E-state index contributed by atoms with van der Waals surface area (Å²) >= 11 is 0. The number of carbonyl (C=O) groups is 2. The molecular formula is C25H33N3O6. The van der Waals surface area contributed by atoms with E-state index in [0.717, 1.165) is 19.5 Å². The molecule has 3 N–H and O–H groups in total. The van der Waals surface area contributed by atoms with Gasteiger partial charge in [0, 0.05) is 42.5 Å². The first kappa shape index (κ1) is 25.3. The molecule has 9 heteroatoms. The molecule has 2 aromatic rings. The minimum absolute atomic E-state index is 0.0847. The number of nitrogens with zero attached hydrogens (tertiary/aromatic N) is 1. The Labute approximate surface area is 200 Å². The fourth-order valence-corrected chi connectivity index (χ4v) is 3.87. The first-order chi connectivity index (χ1) is 16.3. The number of anilines is 1. The van der Waals surface area contributed by atoms with E-state index >= 15 is 0 Å². The van der Waals surface area contributed by atoms with Crippen LogP contribution in [0.2, 0.25) is 0 Å². The zero-order chi connectivity index (χ0) is 24.7. The van der Waals surface area contributed by atoms with Crippen molar-refractivity contribution in [1.82, 2.24) is 10.2 Å². The first-order valence-electron chi connectivity index (χ1n) is 11.3. The molecule has 9 nitrogen and oxygen atoms in total. The molecule has 1 aliphatic heterocycles. The molecule has 1 fully saturated rings. The second kappa shape index (κ2) is 11.2. The molecule has 0 aromatic heterocycles. The largest absolute Gasteiger partial charge is 0.507 e. The van der Waals surface area contributed by atoms with E-state index in [1.807, 2.05) is 0 Å². The van der Waals surface area contributed by atoms with Crippen LogP contribution in [-0.2, 0) is 4.74 Å². The lowest BCUT2D eigenvalue weighted by Crippen LogP contribution is -2.56. The minimum Gasteiger partial charge on any atom is -0.507 e. The summed E-state index contributed by atoms with van der Waals surface area (Å²) in [6.45, 7) is 7.57. The summed E-state index contributed by atoms with van der Waals surface area (Å²) in [5.74, 6) is -0.0168. The molecule has 0 spiro atoms. The summed E-state index contributed by atoms with van der Waals surface area (Å²) in [4.78, 5) is 28.0. The van der Waals surface area contributed by atoms with Gasteiger partial charge in [-0.25, -0.2) is 0 Å². The number of ether oxygens (including phenoxy) is 3. The van der Waals surface area contributed by atoms with Crippen LogP contribution in [0.15, 0.2) is 36.4 Å². The highest BCUT2D eigenvalue weighted by atomic mass is 16.5. The molecule has 0 bridgehead atoms. The quantitative estimate of drug-likeness (QED) is 0.483. The number of nitrogens with one attached hydrogen (secondary N) is 2. The third kappa shape index (κ3) is 5.98. The smallest absolute Gasteiger partial charge is 0.255 e. The number of morpholine rings is 1. The van der Waals surface area contributed by atoms with Crippen LogP contribution in [0, 0.1) is 0 Å². The van der Waals surface area contributed by atoms with Crippen LogP contribution < -0.4 is 20.1 Å². The molecule has 2 amide bonds. The standard InChI is InChI=1S/C25H33N3O6/c1-5-25(2,28-8-10-34-11-9-28)16-26-24(31)21-14-18(6-7-22(21)29)27-23(30)17-12-19(32-3)15-20(13-17)33-4/h6-7,12-15,29H,5,8-11,16H2,1-4H3,(H,26,31)(H,27,30)/t25-/m0/s1. The van der Waals surface area contributed by atoms with Crippen LogP contribution >= 0.6 is 0 Å². The third-order valence-corrected chi connectivity index (χ3v) is 6.28. The van der Waals surface area contributed by atoms with Gasteiger partial charge >= 0.3 is 0 Å². The van der Waals surface area contributed by atoms with Crippen LogP contribution in [-0.4, -0.2) is 74.4 Å². The molecule has 0 saturated carbocycles. The van der Waals surface area contributed by atoms with Gasteiger partial charge in [-0.3, -0.25) is 14.5 Å². The van der Waals surface area contributed by atoms with Gasteiger partial charge in [0.05, 0.1) is 33.0 Å². The highest BCUT2D eigenvalue weighted by Crippen LogP contribution is 2.26. The molecule has 1 aliphatic rings. The predicted molar refractivity (Wildman–Crippen MR) is 129 cm³/mol. The molecule has 0 aliphatic carbocycles. The average molecular weight is 472 g/mol. The van der Waals surface area contributed by atoms with Gasteiger partial charge in [0.1, 0.15) is 17.2 Å². The van der Waals surface area contributed by atoms with E-state index in [-0.39, 0.29) is 16.9 Å². The average Bonchev–Trinajstić information content (AvgIpc) is 2.88. The van der Waals surface area contributed by atoms with Gasteiger partial charge in [-0.05, 0) is 43.7 Å². The van der Waals surface area contributed by atoms with E-state index < -0.39 is 11.8 Å². The lowest BCUT2D eigenvalue weighted by Gasteiger charge is -2.43. The van der Waals surface area contributed by atoms with Crippen molar-refractivity contribution in [3.63, 3.8) is 0 Å². The van der Waals surface area contributed by atoms with Crippen molar-refractivity contribution < 1.29 is 28.9 Å². The van der Waals surface area contributed by atoms with Gasteiger partial charge in [0.15, 0.2) is 0 Å². The normalized spacial score (nSPS) is 15.8. The summed E-state index contributed by atoms with van der Waals surface area (Å²) in [5.41, 5.74) is 0.564. The maximum absolute atomic E-state index is 12.9. The molecule has 1 saturated heterocycles. The van der Waals surface area contributed by atoms with Crippen LogP contribution in [0.1, 0.15) is 41.0 Å². The van der Waals surface area contributed by atoms with Gasteiger partial charge in [-0.2, -0.15) is 0 Å². The monoisotopic (exact) mass is 471 g/mol. The van der Waals surface area contributed by atoms with Crippen LogP contribution in [0.3, 0.4) is 0 Å². The topological polar surface area (TPSA) is 109 Å². The molecule has 1 heterocycles. The lowest BCUT2D eigenvalue weighted by atomic mass is 9.95. The first-order valence-corrected chi connectivity index (χ1v) is 11.3. The SMILES string of the molecule is CC[C@@](C)(CNC(=O)c1cc(NC(=O)c2cc(OC)cc(OC)c2)ccc1O)N1CCOCC1. The zero-order valence-corrected chi connectivity index (χ0v) is 20.1. The van der Waals surface area contributed by atoms with Crippen molar-refractivity contribution in [3.8, 4) is 17.2 Å². The minimum atomic E-state index is -0.412. The van der Waals surface area contributed by atoms with E-state index in [1.165, 1.54) is 32.4 Å². The Hall–Kier alpha value is -3.30. The van der Waals surface area contributed by atoms with Crippen molar-refractivity contribution in [2.24, 2.45) is 0 Å². The number of amides is 2. The zero-order valence-electron chi connectivity index (χ0n) is 20.1. The van der Waals surface area contributed by atoms with Crippen LogP contribution in [0.25, 0.3) is 0 Å². The van der Waals surface area contributed by atoms with Crippen molar-refractivity contribution in [3.05, 3.63) is 47.5 Å². The summed E-state index contributed by atoms with van der Waals surface area (Å²) in [6, 6.07) is 9.22.